The molecule has 35 heavy (non-hydrogen) atoms. The van der Waals surface area contributed by atoms with Gasteiger partial charge in [0.2, 0.25) is 0 Å². The summed E-state index contributed by atoms with van der Waals surface area (Å²) < 4.78 is 15.4. The monoisotopic (exact) mass is 485 g/mol. The second kappa shape index (κ2) is 9.43. The standard InChI is InChI=1S/C29H25ClFN3O/c1-18-15-24(19(2)34(18)21-13-11-20(31)12-14-21)29(35)33-17-25(22-7-3-5-9-27(22)30)26-16-32-28-10-6-4-8-23(26)28/h3-16,25,32H,17H2,1-2H3,(H,33,35). The van der Waals surface area contributed by atoms with E-state index in [4.69, 9.17) is 11.6 Å². The number of halogens is 2. The number of rotatable bonds is 6. The molecular formula is C29H25ClFN3O. The fourth-order valence-corrected chi connectivity index (χ4v) is 5.06. The molecule has 0 aliphatic rings. The number of nitrogens with one attached hydrogen (secondary N) is 2. The SMILES string of the molecule is Cc1cc(C(=O)NCC(c2ccccc2Cl)c2c[nH]c3ccccc23)c(C)n1-c1ccc(F)cc1. The number of para-hydroxylation sites is 1. The molecule has 6 heteroatoms. The molecule has 0 bridgehead atoms. The molecule has 0 aliphatic heterocycles. The van der Waals surface area contributed by atoms with Gasteiger partial charge in [-0.1, -0.05) is 48.0 Å². The van der Waals surface area contributed by atoms with Crippen LogP contribution in [0.15, 0.2) is 85.1 Å². The van der Waals surface area contributed by atoms with E-state index in [1.54, 1.807) is 12.1 Å². The van der Waals surface area contributed by atoms with Crippen LogP contribution in [0.2, 0.25) is 5.02 Å². The fourth-order valence-electron chi connectivity index (χ4n) is 4.80. The van der Waals surface area contributed by atoms with Gasteiger partial charge in [0.1, 0.15) is 5.82 Å². The summed E-state index contributed by atoms with van der Waals surface area (Å²) in [5, 5.41) is 4.89. The second-order valence-electron chi connectivity index (χ2n) is 8.67. The molecule has 1 amide bonds. The Labute approximate surface area is 208 Å². The Morgan fingerprint density at radius 2 is 1.71 bits per heavy atom. The molecule has 5 rings (SSSR count). The number of hydrogen-bond acceptors (Lipinski definition) is 1. The number of nitrogens with zero attached hydrogens (tertiary/aromatic N) is 1. The Balaban J connectivity index is 1.46. The smallest absolute Gasteiger partial charge is 0.253 e. The van der Waals surface area contributed by atoms with Crippen LogP contribution in [0.3, 0.4) is 0 Å². The fraction of sp³-hybridized carbons (Fsp3) is 0.138. The molecule has 5 aromatic rings. The molecule has 0 saturated carbocycles. The van der Waals surface area contributed by atoms with Gasteiger partial charge in [0.05, 0.1) is 5.56 Å². The lowest BCUT2D eigenvalue weighted by Gasteiger charge is -2.19. The predicted octanol–water partition coefficient (Wildman–Crippen LogP) is 6.93. The van der Waals surface area contributed by atoms with Gasteiger partial charge < -0.3 is 14.9 Å². The van der Waals surface area contributed by atoms with Crippen LogP contribution >= 0.6 is 11.6 Å². The molecule has 0 saturated heterocycles. The minimum Gasteiger partial charge on any atom is -0.361 e. The highest BCUT2D eigenvalue weighted by Gasteiger charge is 2.23. The van der Waals surface area contributed by atoms with Crippen LogP contribution in [0, 0.1) is 19.7 Å². The van der Waals surface area contributed by atoms with Gasteiger partial charge in [-0.25, -0.2) is 4.39 Å². The molecule has 0 fully saturated rings. The van der Waals surface area contributed by atoms with Gasteiger partial charge in [0.25, 0.3) is 5.91 Å². The first-order valence-electron chi connectivity index (χ1n) is 11.5. The summed E-state index contributed by atoms with van der Waals surface area (Å²) >= 11 is 6.59. The van der Waals surface area contributed by atoms with Gasteiger partial charge in [0.15, 0.2) is 0 Å². The Kier molecular flexibility index (Phi) is 6.18. The van der Waals surface area contributed by atoms with Gasteiger partial charge in [-0.05, 0) is 67.4 Å². The van der Waals surface area contributed by atoms with Crippen LogP contribution in [0.25, 0.3) is 16.6 Å². The molecule has 3 aromatic carbocycles. The average molecular weight is 486 g/mol. The lowest BCUT2D eigenvalue weighted by molar-refractivity contribution is 0.0952. The molecule has 0 spiro atoms. The van der Waals surface area contributed by atoms with Crippen LogP contribution in [0.1, 0.15) is 38.8 Å². The van der Waals surface area contributed by atoms with Crippen molar-refractivity contribution >= 4 is 28.4 Å². The number of fused-ring (bicyclic) bond motifs is 1. The number of aromatic nitrogens is 2. The van der Waals surface area contributed by atoms with E-state index in [0.29, 0.717) is 17.1 Å². The Morgan fingerprint density at radius 1 is 1.00 bits per heavy atom. The summed E-state index contributed by atoms with van der Waals surface area (Å²) in [4.78, 5) is 16.7. The lowest BCUT2D eigenvalue weighted by atomic mass is 9.90. The molecule has 1 atom stereocenters. The average Bonchev–Trinajstić information content (AvgIpc) is 3.41. The van der Waals surface area contributed by atoms with Gasteiger partial charge in [-0.3, -0.25) is 4.79 Å². The van der Waals surface area contributed by atoms with Gasteiger partial charge in [0, 0.05) is 51.7 Å². The van der Waals surface area contributed by atoms with Crippen molar-refractivity contribution < 1.29 is 9.18 Å². The van der Waals surface area contributed by atoms with Crippen molar-refractivity contribution in [1.82, 2.24) is 14.9 Å². The number of aryl methyl sites for hydroxylation is 1. The third-order valence-electron chi connectivity index (χ3n) is 6.50. The summed E-state index contributed by atoms with van der Waals surface area (Å²) in [7, 11) is 0. The maximum atomic E-state index is 13.4. The van der Waals surface area contributed by atoms with Crippen molar-refractivity contribution in [3.8, 4) is 5.69 Å². The second-order valence-corrected chi connectivity index (χ2v) is 9.08. The number of carbonyl (C=O) groups is 1. The minimum atomic E-state index is -0.294. The molecule has 2 aromatic heterocycles. The summed E-state index contributed by atoms with van der Waals surface area (Å²) in [6.07, 6.45) is 1.99. The van der Waals surface area contributed by atoms with E-state index in [9.17, 15) is 9.18 Å². The molecular weight excluding hydrogens is 461 g/mol. The van der Waals surface area contributed by atoms with Crippen LogP contribution in [0.5, 0.6) is 0 Å². The van der Waals surface area contributed by atoms with Crippen LogP contribution in [-0.2, 0) is 0 Å². The van der Waals surface area contributed by atoms with E-state index in [0.717, 1.165) is 39.1 Å². The largest absolute Gasteiger partial charge is 0.361 e. The first-order chi connectivity index (χ1) is 16.9. The number of carbonyl (C=O) groups excluding carboxylic acids is 1. The van der Waals surface area contributed by atoms with Crippen molar-refractivity contribution in [2.75, 3.05) is 6.54 Å². The molecule has 4 nitrogen and oxygen atoms in total. The topological polar surface area (TPSA) is 49.8 Å². The zero-order chi connectivity index (χ0) is 24.5. The highest BCUT2D eigenvalue weighted by molar-refractivity contribution is 6.31. The van der Waals surface area contributed by atoms with Crippen molar-refractivity contribution in [2.45, 2.75) is 19.8 Å². The molecule has 2 N–H and O–H groups in total. The molecule has 176 valence electrons. The minimum absolute atomic E-state index is 0.135. The zero-order valence-corrected chi connectivity index (χ0v) is 20.2. The lowest BCUT2D eigenvalue weighted by Crippen LogP contribution is -2.29. The van der Waals surface area contributed by atoms with E-state index < -0.39 is 0 Å². The quantitative estimate of drug-likeness (QED) is 0.269. The third-order valence-corrected chi connectivity index (χ3v) is 6.85. The summed E-state index contributed by atoms with van der Waals surface area (Å²) in [5.41, 5.74) is 6.17. The first kappa shape index (κ1) is 22.9. The number of amides is 1. The third kappa shape index (κ3) is 4.35. The summed E-state index contributed by atoms with van der Waals surface area (Å²) in [6, 6.07) is 24.0. The van der Waals surface area contributed by atoms with Gasteiger partial charge >= 0.3 is 0 Å². The van der Waals surface area contributed by atoms with Crippen molar-refractivity contribution in [1.29, 1.82) is 0 Å². The number of aromatic amines is 1. The van der Waals surface area contributed by atoms with Crippen LogP contribution in [-0.4, -0.2) is 22.0 Å². The van der Waals surface area contributed by atoms with Crippen molar-refractivity contribution in [3.05, 3.63) is 124 Å². The Hall–Kier alpha value is -3.83. The normalized spacial score (nSPS) is 12.1. The highest BCUT2D eigenvalue weighted by Crippen LogP contribution is 2.34. The van der Waals surface area contributed by atoms with Crippen LogP contribution in [0.4, 0.5) is 4.39 Å². The van der Waals surface area contributed by atoms with E-state index in [-0.39, 0.29) is 17.6 Å². The highest BCUT2D eigenvalue weighted by atomic mass is 35.5. The van der Waals surface area contributed by atoms with E-state index in [2.05, 4.69) is 16.4 Å². The van der Waals surface area contributed by atoms with Gasteiger partial charge in [-0.15, -0.1) is 0 Å². The number of benzene rings is 3. The maximum Gasteiger partial charge on any atom is 0.253 e. The first-order valence-corrected chi connectivity index (χ1v) is 11.9. The molecule has 0 aliphatic carbocycles. The number of hydrogen-bond donors (Lipinski definition) is 2. The van der Waals surface area contributed by atoms with Crippen molar-refractivity contribution in [2.24, 2.45) is 0 Å². The van der Waals surface area contributed by atoms with E-state index >= 15 is 0 Å². The van der Waals surface area contributed by atoms with E-state index in [1.807, 2.05) is 73.1 Å². The van der Waals surface area contributed by atoms with Crippen LogP contribution < -0.4 is 5.32 Å². The Bertz CT molecular complexity index is 1520. The Morgan fingerprint density at radius 3 is 2.49 bits per heavy atom. The molecule has 2 heterocycles. The summed E-state index contributed by atoms with van der Waals surface area (Å²) in [6.45, 7) is 4.22. The zero-order valence-electron chi connectivity index (χ0n) is 19.5. The van der Waals surface area contributed by atoms with E-state index in [1.165, 1.54) is 12.1 Å². The van der Waals surface area contributed by atoms with Crippen molar-refractivity contribution in [3.63, 3.8) is 0 Å². The number of H-pyrrole nitrogens is 1. The molecule has 0 radical (unpaired) electrons. The summed E-state index contributed by atoms with van der Waals surface area (Å²) in [5.74, 6) is -0.593. The maximum absolute atomic E-state index is 13.4. The predicted molar refractivity (Wildman–Crippen MR) is 139 cm³/mol. The van der Waals surface area contributed by atoms with Gasteiger partial charge in [-0.2, -0.15) is 0 Å². The molecule has 1 unspecified atom stereocenters.